The normalized spacial score (nSPS) is 16.1. The lowest BCUT2D eigenvalue weighted by Gasteiger charge is -2.27. The van der Waals surface area contributed by atoms with E-state index in [9.17, 15) is 4.79 Å². The van der Waals surface area contributed by atoms with Crippen LogP contribution >= 0.6 is 23.2 Å². The van der Waals surface area contributed by atoms with E-state index in [0.29, 0.717) is 33.8 Å². The molecule has 1 aliphatic heterocycles. The zero-order chi connectivity index (χ0) is 14.7. The number of nitrogens with zero attached hydrogens (tertiary/aromatic N) is 1. The van der Waals surface area contributed by atoms with Gasteiger partial charge in [-0.15, -0.1) is 0 Å². The van der Waals surface area contributed by atoms with Crippen molar-refractivity contribution in [3.8, 4) is 0 Å². The lowest BCUT2D eigenvalue weighted by Crippen LogP contribution is -2.34. The van der Waals surface area contributed by atoms with Crippen molar-refractivity contribution < 1.29 is 9.53 Å². The topological polar surface area (TPSA) is 55.6 Å². The van der Waals surface area contributed by atoms with E-state index in [1.54, 1.807) is 24.1 Å². The second-order valence-electron chi connectivity index (χ2n) is 5.09. The van der Waals surface area contributed by atoms with Crippen LogP contribution in [0.15, 0.2) is 12.1 Å². The summed E-state index contributed by atoms with van der Waals surface area (Å²) >= 11 is 11.9. The summed E-state index contributed by atoms with van der Waals surface area (Å²) in [5.41, 5.74) is 6.44. The van der Waals surface area contributed by atoms with Crippen LogP contribution in [0.5, 0.6) is 0 Å². The molecule has 20 heavy (non-hydrogen) atoms. The summed E-state index contributed by atoms with van der Waals surface area (Å²) in [5, 5.41) is 0.612. The highest BCUT2D eigenvalue weighted by Gasteiger charge is 2.20. The first kappa shape index (κ1) is 15.4. The van der Waals surface area contributed by atoms with Crippen LogP contribution in [0.25, 0.3) is 0 Å². The molecule has 0 atom stereocenters. The lowest BCUT2D eigenvalue weighted by atomic mass is 9.99. The standard InChI is InChI=1S/C14H18Cl2N2O2/c1-18(8-9-2-4-20-5-3-9)14(19)10-6-11(15)13(17)12(16)7-10/h6-7,9H,2-5,8,17H2,1H3. The summed E-state index contributed by atoms with van der Waals surface area (Å²) in [6.07, 6.45) is 1.97. The van der Waals surface area contributed by atoms with Crippen molar-refractivity contribution in [2.75, 3.05) is 32.5 Å². The van der Waals surface area contributed by atoms with Gasteiger partial charge in [-0.3, -0.25) is 4.79 Å². The number of ether oxygens (including phenoxy) is 1. The molecule has 0 aromatic heterocycles. The lowest BCUT2D eigenvalue weighted by molar-refractivity contribution is 0.0497. The Bertz CT molecular complexity index is 479. The van der Waals surface area contributed by atoms with Gasteiger partial charge < -0.3 is 15.4 Å². The Morgan fingerprint density at radius 3 is 2.45 bits per heavy atom. The third kappa shape index (κ3) is 3.57. The van der Waals surface area contributed by atoms with Crippen molar-refractivity contribution in [2.45, 2.75) is 12.8 Å². The Kier molecular flexibility index (Phi) is 5.13. The number of amides is 1. The van der Waals surface area contributed by atoms with Crippen LogP contribution in [0, 0.1) is 5.92 Å². The predicted octanol–water partition coefficient (Wildman–Crippen LogP) is 3.07. The zero-order valence-electron chi connectivity index (χ0n) is 11.4. The van der Waals surface area contributed by atoms with Crippen LogP contribution in [0.3, 0.4) is 0 Å². The summed E-state index contributed by atoms with van der Waals surface area (Å²) in [4.78, 5) is 14.1. The number of hydrogen-bond acceptors (Lipinski definition) is 3. The second-order valence-corrected chi connectivity index (χ2v) is 5.91. The fourth-order valence-corrected chi connectivity index (χ4v) is 2.81. The first-order valence-corrected chi connectivity index (χ1v) is 7.32. The molecule has 1 fully saturated rings. The molecule has 110 valence electrons. The van der Waals surface area contributed by atoms with Crippen molar-refractivity contribution in [1.29, 1.82) is 0 Å². The Morgan fingerprint density at radius 1 is 1.35 bits per heavy atom. The second kappa shape index (κ2) is 6.66. The number of halogens is 2. The molecule has 4 nitrogen and oxygen atoms in total. The molecule has 1 aromatic carbocycles. The molecule has 2 N–H and O–H groups in total. The van der Waals surface area contributed by atoms with E-state index in [2.05, 4.69) is 0 Å². The van der Waals surface area contributed by atoms with Crippen LogP contribution < -0.4 is 5.73 Å². The maximum Gasteiger partial charge on any atom is 0.253 e. The third-order valence-corrected chi connectivity index (χ3v) is 4.17. The largest absolute Gasteiger partial charge is 0.396 e. The summed E-state index contributed by atoms with van der Waals surface area (Å²) in [7, 11) is 1.79. The van der Waals surface area contributed by atoms with E-state index in [1.165, 1.54) is 0 Å². The molecule has 1 aliphatic rings. The van der Waals surface area contributed by atoms with E-state index in [1.807, 2.05) is 0 Å². The van der Waals surface area contributed by atoms with Crippen LogP contribution in [-0.4, -0.2) is 37.6 Å². The molecule has 0 bridgehead atoms. The van der Waals surface area contributed by atoms with E-state index in [0.717, 1.165) is 26.1 Å². The molecule has 1 aromatic rings. The number of nitrogens with two attached hydrogens (primary N) is 1. The number of benzene rings is 1. The molecule has 1 heterocycles. The Hall–Kier alpha value is -0.970. The fourth-order valence-electron chi connectivity index (χ4n) is 2.33. The smallest absolute Gasteiger partial charge is 0.253 e. The number of nitrogen functional groups attached to an aromatic ring is 1. The molecule has 0 spiro atoms. The Balaban J connectivity index is 2.06. The molecular formula is C14H18Cl2N2O2. The van der Waals surface area contributed by atoms with Crippen LogP contribution in [0.1, 0.15) is 23.2 Å². The fraction of sp³-hybridized carbons (Fsp3) is 0.500. The minimum absolute atomic E-state index is 0.0970. The summed E-state index contributed by atoms with van der Waals surface area (Å²) in [6, 6.07) is 3.12. The predicted molar refractivity (Wildman–Crippen MR) is 81.4 cm³/mol. The van der Waals surface area contributed by atoms with Gasteiger partial charge in [-0.25, -0.2) is 0 Å². The number of carbonyl (C=O) groups is 1. The SMILES string of the molecule is CN(CC1CCOCC1)C(=O)c1cc(Cl)c(N)c(Cl)c1. The van der Waals surface area contributed by atoms with Crippen molar-refractivity contribution in [2.24, 2.45) is 5.92 Å². The molecule has 0 aliphatic carbocycles. The highest BCUT2D eigenvalue weighted by atomic mass is 35.5. The number of rotatable bonds is 3. The number of anilines is 1. The molecule has 1 saturated heterocycles. The minimum Gasteiger partial charge on any atom is -0.396 e. The van der Waals surface area contributed by atoms with Gasteiger partial charge in [0, 0.05) is 32.4 Å². The third-order valence-electron chi connectivity index (χ3n) is 3.55. The van der Waals surface area contributed by atoms with E-state index in [4.69, 9.17) is 33.7 Å². The van der Waals surface area contributed by atoms with E-state index >= 15 is 0 Å². The quantitative estimate of drug-likeness (QED) is 0.872. The first-order chi connectivity index (χ1) is 9.49. The van der Waals surface area contributed by atoms with Gasteiger partial charge in [0.05, 0.1) is 15.7 Å². The highest BCUT2D eigenvalue weighted by molar-refractivity contribution is 6.39. The Labute approximate surface area is 128 Å². The van der Waals surface area contributed by atoms with Gasteiger partial charge in [-0.2, -0.15) is 0 Å². The summed E-state index contributed by atoms with van der Waals surface area (Å²) in [5.74, 6) is 0.387. The average Bonchev–Trinajstić information content (AvgIpc) is 2.44. The molecule has 1 amide bonds. The summed E-state index contributed by atoms with van der Waals surface area (Å²) < 4.78 is 5.32. The van der Waals surface area contributed by atoms with Crippen molar-refractivity contribution >= 4 is 34.8 Å². The average molecular weight is 317 g/mol. The molecule has 6 heteroatoms. The van der Waals surface area contributed by atoms with Gasteiger partial charge >= 0.3 is 0 Å². The zero-order valence-corrected chi connectivity index (χ0v) is 12.9. The van der Waals surface area contributed by atoms with Gasteiger partial charge in [-0.05, 0) is 30.9 Å². The van der Waals surface area contributed by atoms with Crippen molar-refractivity contribution in [1.82, 2.24) is 4.90 Å². The van der Waals surface area contributed by atoms with Crippen LogP contribution in [0.2, 0.25) is 10.0 Å². The van der Waals surface area contributed by atoms with Crippen LogP contribution in [-0.2, 0) is 4.74 Å². The molecule has 0 radical (unpaired) electrons. The van der Waals surface area contributed by atoms with Crippen molar-refractivity contribution in [3.05, 3.63) is 27.7 Å². The van der Waals surface area contributed by atoms with E-state index < -0.39 is 0 Å². The Morgan fingerprint density at radius 2 is 1.90 bits per heavy atom. The first-order valence-electron chi connectivity index (χ1n) is 6.56. The van der Waals surface area contributed by atoms with Gasteiger partial charge in [0.1, 0.15) is 0 Å². The maximum atomic E-state index is 12.4. The van der Waals surface area contributed by atoms with Gasteiger partial charge in [0.2, 0.25) is 0 Å². The van der Waals surface area contributed by atoms with Gasteiger partial charge in [0.25, 0.3) is 5.91 Å². The molecule has 2 rings (SSSR count). The van der Waals surface area contributed by atoms with Gasteiger partial charge in [0.15, 0.2) is 0 Å². The monoisotopic (exact) mass is 316 g/mol. The van der Waals surface area contributed by atoms with Crippen molar-refractivity contribution in [3.63, 3.8) is 0 Å². The molecule has 0 saturated carbocycles. The highest BCUT2D eigenvalue weighted by Crippen LogP contribution is 2.29. The maximum absolute atomic E-state index is 12.4. The summed E-state index contributed by atoms with van der Waals surface area (Å²) in [6.45, 7) is 2.25. The minimum atomic E-state index is -0.0970. The molecular weight excluding hydrogens is 299 g/mol. The number of carbonyl (C=O) groups excluding carboxylic acids is 1. The van der Waals surface area contributed by atoms with Gasteiger partial charge in [-0.1, -0.05) is 23.2 Å². The van der Waals surface area contributed by atoms with E-state index in [-0.39, 0.29) is 5.91 Å². The van der Waals surface area contributed by atoms with Crippen LogP contribution in [0.4, 0.5) is 5.69 Å². The number of hydrogen-bond donors (Lipinski definition) is 1. The molecule has 0 unspecified atom stereocenters.